The number of nitrogens with zero attached hydrogens (tertiary/aromatic N) is 1. The highest BCUT2D eigenvalue weighted by Gasteiger charge is 2.18. The average Bonchev–Trinajstić information content (AvgIpc) is 2.80. The Morgan fingerprint density at radius 2 is 0.933 bits per heavy atom. The molecule has 0 aliphatic rings. The first-order chi connectivity index (χ1) is 14.7. The summed E-state index contributed by atoms with van der Waals surface area (Å²) in [4.78, 5) is 24.2. The lowest BCUT2D eigenvalue weighted by Gasteiger charge is -2.23. The van der Waals surface area contributed by atoms with Crippen molar-refractivity contribution in [3.8, 4) is 33.8 Å². The molecular formula is C26H21NO3. The summed E-state index contributed by atoms with van der Waals surface area (Å²) in [5.41, 5.74) is 3.70. The number of hydroxylamine groups is 2. The molecular weight excluding hydrogens is 374 g/mol. The number of amides is 1. The summed E-state index contributed by atoms with van der Waals surface area (Å²) in [6.45, 7) is 1.40. The Kier molecular flexibility index (Phi) is 5.76. The van der Waals surface area contributed by atoms with E-state index < -0.39 is 0 Å². The summed E-state index contributed by atoms with van der Waals surface area (Å²) in [5.74, 6) is 0.674. The van der Waals surface area contributed by atoms with E-state index in [1.54, 1.807) is 0 Å². The smallest absolute Gasteiger partial charge is 0.293 e. The van der Waals surface area contributed by atoms with Crippen molar-refractivity contribution in [2.24, 2.45) is 0 Å². The van der Waals surface area contributed by atoms with E-state index in [0.29, 0.717) is 11.5 Å². The van der Waals surface area contributed by atoms with Crippen LogP contribution in [0.4, 0.5) is 0 Å². The normalized spacial score (nSPS) is 10.3. The van der Waals surface area contributed by atoms with Gasteiger partial charge in [-0.15, -0.1) is 0 Å². The van der Waals surface area contributed by atoms with Crippen molar-refractivity contribution >= 4 is 5.91 Å². The Hall–Kier alpha value is -4.05. The Labute approximate surface area is 175 Å². The van der Waals surface area contributed by atoms with Crippen LogP contribution in [0, 0.1) is 0 Å². The SMILES string of the molecule is CC(=O)N(Oc1ccccc1-c1ccccc1)Oc1ccccc1-c1ccccc1. The fraction of sp³-hybridized carbons (Fsp3) is 0.0385. The van der Waals surface area contributed by atoms with E-state index in [-0.39, 0.29) is 5.91 Å². The molecule has 4 heteroatoms. The van der Waals surface area contributed by atoms with Crippen LogP contribution in [0.1, 0.15) is 6.92 Å². The van der Waals surface area contributed by atoms with Crippen LogP contribution in [0.5, 0.6) is 11.5 Å². The molecule has 1 amide bonds. The lowest BCUT2D eigenvalue weighted by atomic mass is 10.1. The fourth-order valence-corrected chi connectivity index (χ4v) is 3.13. The van der Waals surface area contributed by atoms with Crippen LogP contribution in [-0.4, -0.2) is 11.1 Å². The van der Waals surface area contributed by atoms with E-state index in [1.165, 1.54) is 6.92 Å². The van der Waals surface area contributed by atoms with E-state index in [0.717, 1.165) is 27.5 Å². The minimum absolute atomic E-state index is 0.374. The Balaban J connectivity index is 1.65. The van der Waals surface area contributed by atoms with E-state index in [4.69, 9.17) is 9.68 Å². The van der Waals surface area contributed by atoms with Crippen LogP contribution in [0.15, 0.2) is 109 Å². The maximum absolute atomic E-state index is 12.3. The van der Waals surface area contributed by atoms with E-state index in [1.807, 2.05) is 109 Å². The molecule has 0 spiro atoms. The van der Waals surface area contributed by atoms with Gasteiger partial charge in [0.25, 0.3) is 5.91 Å². The predicted molar refractivity (Wildman–Crippen MR) is 118 cm³/mol. The minimum atomic E-state index is -0.374. The van der Waals surface area contributed by atoms with Crippen LogP contribution < -0.4 is 9.68 Å². The Bertz CT molecular complexity index is 1040. The van der Waals surface area contributed by atoms with Crippen molar-refractivity contribution < 1.29 is 14.5 Å². The first-order valence-electron chi connectivity index (χ1n) is 9.68. The summed E-state index contributed by atoms with van der Waals surface area (Å²) < 4.78 is 0. The van der Waals surface area contributed by atoms with E-state index in [2.05, 4.69) is 0 Å². The number of carbonyl (C=O) groups is 1. The van der Waals surface area contributed by atoms with Crippen molar-refractivity contribution in [3.05, 3.63) is 109 Å². The number of carbonyl (C=O) groups excluding carboxylic acids is 1. The molecule has 0 heterocycles. The van der Waals surface area contributed by atoms with Crippen molar-refractivity contribution in [3.63, 3.8) is 0 Å². The molecule has 0 aliphatic carbocycles. The molecule has 0 aliphatic heterocycles. The van der Waals surface area contributed by atoms with Crippen molar-refractivity contribution in [2.75, 3.05) is 0 Å². The second-order valence-electron chi connectivity index (χ2n) is 6.68. The number of hydrogen-bond acceptors (Lipinski definition) is 3. The van der Waals surface area contributed by atoms with E-state index in [9.17, 15) is 4.79 Å². The highest BCUT2D eigenvalue weighted by atomic mass is 17.0. The number of benzene rings is 4. The van der Waals surface area contributed by atoms with Crippen LogP contribution in [0.3, 0.4) is 0 Å². The largest absolute Gasteiger partial charge is 0.342 e. The highest BCUT2D eigenvalue weighted by Crippen LogP contribution is 2.33. The molecule has 4 rings (SSSR count). The third-order valence-corrected chi connectivity index (χ3v) is 4.56. The van der Waals surface area contributed by atoms with Gasteiger partial charge in [-0.3, -0.25) is 4.79 Å². The standard InChI is InChI=1S/C26H21NO3/c1-20(28)27(29-25-18-10-8-16-23(25)21-12-4-2-5-13-21)30-26-19-11-9-17-24(26)22-14-6-3-7-15-22/h2-19H,1H3. The lowest BCUT2D eigenvalue weighted by Crippen LogP contribution is -2.35. The maximum Gasteiger partial charge on any atom is 0.293 e. The molecule has 4 aromatic carbocycles. The molecule has 0 N–H and O–H groups in total. The van der Waals surface area contributed by atoms with Gasteiger partial charge in [0.1, 0.15) is 0 Å². The van der Waals surface area contributed by atoms with Gasteiger partial charge in [-0.25, -0.2) is 0 Å². The van der Waals surface area contributed by atoms with E-state index >= 15 is 0 Å². The topological polar surface area (TPSA) is 38.8 Å². The van der Waals surface area contributed by atoms with Gasteiger partial charge in [0, 0.05) is 23.3 Å². The van der Waals surface area contributed by atoms with Crippen molar-refractivity contribution in [1.82, 2.24) is 5.23 Å². The molecule has 0 radical (unpaired) electrons. The van der Waals surface area contributed by atoms with Crippen molar-refractivity contribution in [1.29, 1.82) is 0 Å². The monoisotopic (exact) mass is 395 g/mol. The first-order valence-corrected chi connectivity index (χ1v) is 9.68. The highest BCUT2D eigenvalue weighted by molar-refractivity contribution is 5.74. The van der Waals surface area contributed by atoms with Gasteiger partial charge in [-0.05, 0) is 23.3 Å². The Morgan fingerprint density at radius 1 is 0.567 bits per heavy atom. The van der Waals surface area contributed by atoms with Gasteiger partial charge in [0.15, 0.2) is 11.5 Å². The molecule has 0 fully saturated rings. The molecule has 4 nitrogen and oxygen atoms in total. The van der Waals surface area contributed by atoms with Crippen LogP contribution in [-0.2, 0) is 4.79 Å². The third-order valence-electron chi connectivity index (χ3n) is 4.56. The molecule has 0 aromatic heterocycles. The third kappa shape index (κ3) is 4.33. The van der Waals surface area contributed by atoms with Crippen molar-refractivity contribution in [2.45, 2.75) is 6.92 Å². The summed E-state index contributed by atoms with van der Waals surface area (Å²) in [6.07, 6.45) is 0. The summed E-state index contributed by atoms with van der Waals surface area (Å²) in [7, 11) is 0. The minimum Gasteiger partial charge on any atom is -0.342 e. The molecule has 148 valence electrons. The molecule has 4 aromatic rings. The molecule has 30 heavy (non-hydrogen) atoms. The van der Waals surface area contributed by atoms with Gasteiger partial charge in [0.2, 0.25) is 0 Å². The predicted octanol–water partition coefficient (Wildman–Crippen LogP) is 6.16. The zero-order chi connectivity index (χ0) is 20.8. The van der Waals surface area contributed by atoms with Crippen LogP contribution in [0.25, 0.3) is 22.3 Å². The lowest BCUT2D eigenvalue weighted by molar-refractivity contribution is -0.243. The van der Waals surface area contributed by atoms with Gasteiger partial charge in [-0.1, -0.05) is 97.1 Å². The van der Waals surface area contributed by atoms with Gasteiger partial charge >= 0.3 is 0 Å². The molecule has 0 unspecified atom stereocenters. The second kappa shape index (κ2) is 8.97. The molecule has 0 atom stereocenters. The van der Waals surface area contributed by atoms with Gasteiger partial charge < -0.3 is 9.68 Å². The molecule has 0 bridgehead atoms. The first kappa shape index (κ1) is 19.3. The summed E-state index contributed by atoms with van der Waals surface area (Å²) in [5, 5.41) is 0.920. The second-order valence-corrected chi connectivity index (χ2v) is 6.68. The average molecular weight is 395 g/mol. The number of hydrogen-bond donors (Lipinski definition) is 0. The van der Waals surface area contributed by atoms with Gasteiger partial charge in [-0.2, -0.15) is 0 Å². The zero-order valence-electron chi connectivity index (χ0n) is 16.6. The fourth-order valence-electron chi connectivity index (χ4n) is 3.13. The maximum atomic E-state index is 12.3. The summed E-state index contributed by atoms with van der Waals surface area (Å²) in [6, 6.07) is 34.8. The number of para-hydroxylation sites is 2. The molecule has 0 saturated heterocycles. The van der Waals surface area contributed by atoms with Gasteiger partial charge in [0.05, 0.1) is 0 Å². The molecule has 0 saturated carbocycles. The zero-order valence-corrected chi connectivity index (χ0v) is 16.6. The van der Waals surface area contributed by atoms with Crippen LogP contribution in [0.2, 0.25) is 0 Å². The van der Waals surface area contributed by atoms with Crippen LogP contribution >= 0.6 is 0 Å². The number of rotatable bonds is 6. The Morgan fingerprint density at radius 3 is 1.33 bits per heavy atom. The summed E-state index contributed by atoms with van der Waals surface area (Å²) >= 11 is 0. The quantitative estimate of drug-likeness (QED) is 0.367.